The highest BCUT2D eigenvalue weighted by Crippen LogP contribution is 2.37. The van der Waals surface area contributed by atoms with Crippen LogP contribution in [-0.4, -0.2) is 76.1 Å². The number of carbonyl (C=O) groups excluding carboxylic acids is 2. The van der Waals surface area contributed by atoms with Crippen molar-refractivity contribution in [2.45, 2.75) is 68.0 Å². The van der Waals surface area contributed by atoms with E-state index in [4.69, 9.17) is 21.1 Å². The zero-order valence-corrected chi connectivity index (χ0v) is 28.8. The summed E-state index contributed by atoms with van der Waals surface area (Å²) >= 11 is 6.20. The predicted molar refractivity (Wildman–Crippen MR) is 182 cm³/mol. The van der Waals surface area contributed by atoms with Crippen molar-refractivity contribution in [1.82, 2.24) is 14.9 Å². The van der Waals surface area contributed by atoms with Crippen LogP contribution in [0, 0.1) is 11.7 Å². The number of rotatable bonds is 12. The molecule has 2 aliphatic rings. The zero-order chi connectivity index (χ0) is 34.3. The van der Waals surface area contributed by atoms with Gasteiger partial charge in [0.1, 0.15) is 5.82 Å². The minimum absolute atomic E-state index is 0.0244. The molecule has 4 atom stereocenters. The Labute approximate surface area is 287 Å². The third-order valence-electron chi connectivity index (χ3n) is 9.43. The SMILES string of the molecule is COC(=O)N[C@H](C(=O)Cc1cccc(F)c1CC[C@H]1CNC[C@H](C)N1S(=O)(=O)c1ccccc1)[C@@H](c1ccc(Cl)cc1)C1CCOCC1. The minimum atomic E-state index is -3.80. The Balaban J connectivity index is 1.42. The molecule has 0 saturated carbocycles. The van der Waals surface area contributed by atoms with E-state index in [9.17, 15) is 18.0 Å². The van der Waals surface area contributed by atoms with Crippen LogP contribution in [0.4, 0.5) is 9.18 Å². The van der Waals surface area contributed by atoms with Gasteiger partial charge < -0.3 is 20.1 Å². The van der Waals surface area contributed by atoms with E-state index in [1.165, 1.54) is 17.5 Å². The van der Waals surface area contributed by atoms with E-state index in [1.54, 1.807) is 54.6 Å². The second kappa shape index (κ2) is 16.4. The Morgan fingerprint density at radius 3 is 2.44 bits per heavy atom. The fourth-order valence-corrected chi connectivity index (χ4v) is 9.08. The van der Waals surface area contributed by atoms with Gasteiger partial charge in [-0.15, -0.1) is 0 Å². The molecular weight excluding hydrogens is 657 g/mol. The molecule has 0 radical (unpaired) electrons. The van der Waals surface area contributed by atoms with Crippen molar-refractivity contribution >= 4 is 33.5 Å². The van der Waals surface area contributed by atoms with Gasteiger partial charge in [-0.25, -0.2) is 17.6 Å². The molecule has 2 aliphatic heterocycles. The molecule has 12 heteroatoms. The molecule has 0 bridgehead atoms. The number of halogens is 2. The average Bonchev–Trinajstić information content (AvgIpc) is 3.09. The number of ether oxygens (including phenoxy) is 2. The lowest BCUT2D eigenvalue weighted by molar-refractivity contribution is -0.121. The lowest BCUT2D eigenvalue weighted by Gasteiger charge is -2.40. The summed E-state index contributed by atoms with van der Waals surface area (Å²) in [4.78, 5) is 27.1. The van der Waals surface area contributed by atoms with Gasteiger partial charge in [-0.2, -0.15) is 4.31 Å². The first kappa shape index (κ1) is 35.9. The number of Topliss-reactive ketones (excluding diaryl/α,β-unsaturated/α-hetero) is 1. The third-order valence-corrected chi connectivity index (χ3v) is 11.8. The molecule has 48 heavy (non-hydrogen) atoms. The van der Waals surface area contributed by atoms with Crippen LogP contribution in [0.5, 0.6) is 0 Å². The van der Waals surface area contributed by atoms with Crippen LogP contribution >= 0.6 is 11.6 Å². The van der Waals surface area contributed by atoms with Crippen molar-refractivity contribution in [3.05, 3.63) is 100 Å². The maximum Gasteiger partial charge on any atom is 0.407 e. The third kappa shape index (κ3) is 8.44. The number of nitrogens with zero attached hydrogens (tertiary/aromatic N) is 1. The smallest absolute Gasteiger partial charge is 0.407 e. The van der Waals surface area contributed by atoms with E-state index in [0.29, 0.717) is 61.7 Å². The zero-order valence-electron chi connectivity index (χ0n) is 27.2. The van der Waals surface area contributed by atoms with E-state index in [1.807, 2.05) is 19.1 Å². The number of carbonyl (C=O) groups is 2. The maximum atomic E-state index is 15.6. The molecule has 5 rings (SSSR count). The number of hydrogen-bond donors (Lipinski definition) is 2. The average molecular weight is 700 g/mol. The molecule has 3 aromatic rings. The number of alkyl carbamates (subject to hydrolysis) is 1. The number of sulfonamides is 1. The number of hydrogen-bond acceptors (Lipinski definition) is 7. The number of benzene rings is 3. The molecule has 2 heterocycles. The summed E-state index contributed by atoms with van der Waals surface area (Å²) in [6.07, 6.45) is 1.07. The van der Waals surface area contributed by atoms with Crippen LogP contribution in [0.15, 0.2) is 77.7 Å². The van der Waals surface area contributed by atoms with Crippen LogP contribution in [0.1, 0.15) is 48.8 Å². The molecule has 258 valence electrons. The Morgan fingerprint density at radius 1 is 1.04 bits per heavy atom. The van der Waals surface area contributed by atoms with E-state index >= 15 is 4.39 Å². The fraction of sp³-hybridized carbons (Fsp3) is 0.444. The molecule has 0 aliphatic carbocycles. The number of nitrogens with one attached hydrogen (secondary N) is 2. The molecule has 9 nitrogen and oxygen atoms in total. The van der Waals surface area contributed by atoms with Crippen molar-refractivity contribution in [3.8, 4) is 0 Å². The Kier molecular flexibility index (Phi) is 12.3. The Morgan fingerprint density at radius 2 is 1.75 bits per heavy atom. The summed E-state index contributed by atoms with van der Waals surface area (Å²) in [5, 5.41) is 6.66. The van der Waals surface area contributed by atoms with Crippen LogP contribution in [0.25, 0.3) is 0 Å². The molecule has 0 unspecified atom stereocenters. The summed E-state index contributed by atoms with van der Waals surface area (Å²) in [7, 11) is -2.56. The van der Waals surface area contributed by atoms with E-state index < -0.39 is 39.9 Å². The Hall–Kier alpha value is -3.35. The van der Waals surface area contributed by atoms with Gasteiger partial charge in [0.15, 0.2) is 5.78 Å². The second-order valence-electron chi connectivity index (χ2n) is 12.5. The van der Waals surface area contributed by atoms with Crippen LogP contribution < -0.4 is 10.6 Å². The monoisotopic (exact) mass is 699 g/mol. The van der Waals surface area contributed by atoms with E-state index in [-0.39, 0.29) is 35.5 Å². The molecule has 0 spiro atoms. The van der Waals surface area contributed by atoms with Crippen molar-refractivity contribution in [2.24, 2.45) is 5.92 Å². The lowest BCUT2D eigenvalue weighted by atomic mass is 9.74. The molecule has 2 saturated heterocycles. The number of ketones is 1. The number of piperazine rings is 1. The van der Waals surface area contributed by atoms with Gasteiger partial charge in [-0.05, 0) is 85.5 Å². The Bertz CT molecular complexity index is 1650. The molecule has 2 N–H and O–H groups in total. The first-order valence-electron chi connectivity index (χ1n) is 16.4. The summed E-state index contributed by atoms with van der Waals surface area (Å²) < 4.78 is 55.1. The van der Waals surface area contributed by atoms with E-state index in [2.05, 4.69) is 10.6 Å². The predicted octanol–water partition coefficient (Wildman–Crippen LogP) is 5.51. The first-order valence-corrected chi connectivity index (χ1v) is 18.2. The normalized spacial score (nSPS) is 20.5. The van der Waals surface area contributed by atoms with Crippen molar-refractivity contribution < 1.29 is 31.9 Å². The van der Waals surface area contributed by atoms with Crippen LogP contribution in [-0.2, 0) is 37.1 Å². The van der Waals surface area contributed by atoms with Crippen LogP contribution in [0.2, 0.25) is 5.02 Å². The largest absolute Gasteiger partial charge is 0.453 e. The van der Waals surface area contributed by atoms with Crippen molar-refractivity contribution in [1.29, 1.82) is 0 Å². The topological polar surface area (TPSA) is 114 Å². The number of amides is 1. The summed E-state index contributed by atoms with van der Waals surface area (Å²) in [6, 6.07) is 18.5. The van der Waals surface area contributed by atoms with Gasteiger partial charge >= 0.3 is 6.09 Å². The van der Waals surface area contributed by atoms with Gasteiger partial charge in [-0.1, -0.05) is 54.1 Å². The molecule has 0 aromatic heterocycles. The molecule has 3 aromatic carbocycles. The van der Waals surface area contributed by atoms with E-state index in [0.717, 1.165) is 5.56 Å². The minimum Gasteiger partial charge on any atom is -0.453 e. The van der Waals surface area contributed by atoms with Crippen molar-refractivity contribution in [2.75, 3.05) is 33.4 Å². The first-order chi connectivity index (χ1) is 23.1. The summed E-state index contributed by atoms with van der Waals surface area (Å²) in [6.45, 7) is 3.84. The molecule has 2 fully saturated rings. The standard InChI is InChI=1S/C36H43ClFN3O6S/c1-24-22-39-23-29(41(24)48(44,45)30-8-4-3-5-9-30)15-16-31-27(7-6-10-32(31)38)21-33(42)35(40-36(43)46-2)34(26-17-19-47-20-18-26)25-11-13-28(37)14-12-25/h3-14,24,26,29,34-35,39H,15-23H2,1-2H3,(H,40,43)/t24-,29-,34-,35+/m0/s1. The summed E-state index contributed by atoms with van der Waals surface area (Å²) in [5.74, 6) is -1.14. The molecule has 1 amide bonds. The second-order valence-corrected chi connectivity index (χ2v) is 14.8. The number of methoxy groups -OCH3 is 1. The van der Waals surface area contributed by atoms with Gasteiger partial charge in [-0.3, -0.25) is 4.79 Å². The summed E-state index contributed by atoms with van der Waals surface area (Å²) in [5.41, 5.74) is 1.69. The van der Waals surface area contributed by atoms with Crippen molar-refractivity contribution in [3.63, 3.8) is 0 Å². The highest BCUT2D eigenvalue weighted by molar-refractivity contribution is 7.89. The lowest BCUT2D eigenvalue weighted by Crippen LogP contribution is -2.58. The maximum absolute atomic E-state index is 15.6. The van der Waals surface area contributed by atoms with Gasteiger partial charge in [0, 0.05) is 55.7 Å². The van der Waals surface area contributed by atoms with Crippen LogP contribution in [0.3, 0.4) is 0 Å². The highest BCUT2D eigenvalue weighted by atomic mass is 35.5. The molecular formula is C36H43ClFN3O6S. The van der Waals surface area contributed by atoms with Gasteiger partial charge in [0.25, 0.3) is 0 Å². The fourth-order valence-electron chi connectivity index (χ4n) is 7.09. The van der Waals surface area contributed by atoms with Gasteiger partial charge in [0.05, 0.1) is 18.0 Å². The van der Waals surface area contributed by atoms with Gasteiger partial charge in [0.2, 0.25) is 10.0 Å². The quantitative estimate of drug-likeness (QED) is 0.256. The highest BCUT2D eigenvalue weighted by Gasteiger charge is 2.39.